The molecule has 8 heteroatoms. The van der Waals surface area contributed by atoms with Gasteiger partial charge in [0.25, 0.3) is 0 Å². The normalized spacial score (nSPS) is 11.6. The van der Waals surface area contributed by atoms with Crippen LogP contribution in [0.3, 0.4) is 0 Å². The Hall–Kier alpha value is -3.81. The second-order valence-corrected chi connectivity index (χ2v) is 9.49. The van der Waals surface area contributed by atoms with Gasteiger partial charge in [-0.15, -0.1) is 5.10 Å². The molecule has 0 aliphatic carbocycles. The van der Waals surface area contributed by atoms with Crippen molar-refractivity contribution >= 4 is 5.91 Å². The topological polar surface area (TPSA) is 98.5 Å². The van der Waals surface area contributed by atoms with E-state index in [4.69, 9.17) is 0 Å². The van der Waals surface area contributed by atoms with Gasteiger partial charge in [0.05, 0.1) is 6.54 Å². The van der Waals surface area contributed by atoms with Gasteiger partial charge in [0, 0.05) is 29.3 Å². The van der Waals surface area contributed by atoms with Gasteiger partial charge in [0.2, 0.25) is 5.91 Å². The fourth-order valence-electron chi connectivity index (χ4n) is 4.05. The van der Waals surface area contributed by atoms with E-state index in [1.54, 1.807) is 10.8 Å². The number of imidazole rings is 1. The van der Waals surface area contributed by atoms with E-state index in [1.807, 2.05) is 55.5 Å². The molecular formula is C26H30N6O2. The zero-order valence-electron chi connectivity index (χ0n) is 20.1. The van der Waals surface area contributed by atoms with E-state index in [-0.39, 0.29) is 17.0 Å². The van der Waals surface area contributed by atoms with Gasteiger partial charge in [0.15, 0.2) is 5.82 Å². The van der Waals surface area contributed by atoms with Crippen LogP contribution in [0.2, 0.25) is 0 Å². The molecule has 0 saturated heterocycles. The highest BCUT2D eigenvalue weighted by molar-refractivity contribution is 5.80. The number of nitrogens with zero attached hydrogens (tertiary/aromatic N) is 5. The van der Waals surface area contributed by atoms with Crippen molar-refractivity contribution in [2.24, 2.45) is 0 Å². The zero-order chi connectivity index (χ0) is 24.3. The largest absolute Gasteiger partial charge is 0.335 e. The van der Waals surface area contributed by atoms with Crippen molar-refractivity contribution in [3.8, 4) is 22.5 Å². The first-order valence-electron chi connectivity index (χ1n) is 11.6. The van der Waals surface area contributed by atoms with Gasteiger partial charge in [-0.25, -0.2) is 14.5 Å². The van der Waals surface area contributed by atoms with Crippen LogP contribution in [-0.2, 0) is 12.0 Å². The third kappa shape index (κ3) is 4.76. The maximum Gasteiger partial charge on any atom is 0.335 e. The summed E-state index contributed by atoms with van der Waals surface area (Å²) >= 11 is 0. The van der Waals surface area contributed by atoms with Crippen molar-refractivity contribution in [1.82, 2.24) is 29.8 Å². The Morgan fingerprint density at radius 1 is 1.03 bits per heavy atom. The van der Waals surface area contributed by atoms with Crippen molar-refractivity contribution in [3.05, 3.63) is 76.5 Å². The van der Waals surface area contributed by atoms with Gasteiger partial charge < -0.3 is 0 Å². The monoisotopic (exact) mass is 458 g/mol. The minimum atomic E-state index is -0.279. The van der Waals surface area contributed by atoms with Crippen LogP contribution in [-0.4, -0.2) is 35.7 Å². The standard InChI is InChI=1S/C26H30N6O2/c1-5-6-11-23(33)32-17-22(26(2,3)4)31(25(32)34)16-18-12-14-19(15-13-18)20-9-7-8-10-21(20)24-27-29-30-28-24/h7-10,12-15,17H,5-6,11,16H2,1-4H3,(H,27,28,29,30). The molecule has 0 amide bonds. The van der Waals surface area contributed by atoms with E-state index in [0.29, 0.717) is 18.8 Å². The molecule has 176 valence electrons. The van der Waals surface area contributed by atoms with Crippen LogP contribution in [0.15, 0.2) is 59.5 Å². The summed E-state index contributed by atoms with van der Waals surface area (Å²) in [5.41, 5.74) is 4.20. The van der Waals surface area contributed by atoms with Crippen LogP contribution >= 0.6 is 0 Å². The highest BCUT2D eigenvalue weighted by atomic mass is 16.2. The van der Waals surface area contributed by atoms with Crippen LogP contribution in [0.1, 0.15) is 63.0 Å². The van der Waals surface area contributed by atoms with E-state index < -0.39 is 0 Å². The summed E-state index contributed by atoms with van der Waals surface area (Å²) in [5.74, 6) is 0.458. The molecule has 8 nitrogen and oxygen atoms in total. The Labute approximate surface area is 198 Å². The third-order valence-electron chi connectivity index (χ3n) is 5.89. The van der Waals surface area contributed by atoms with Gasteiger partial charge in [-0.3, -0.25) is 9.36 Å². The van der Waals surface area contributed by atoms with E-state index in [0.717, 1.165) is 40.8 Å². The van der Waals surface area contributed by atoms with Crippen molar-refractivity contribution in [3.63, 3.8) is 0 Å². The van der Waals surface area contributed by atoms with Crippen LogP contribution in [0.5, 0.6) is 0 Å². The number of nitrogens with one attached hydrogen (secondary N) is 1. The molecule has 4 rings (SSSR count). The summed E-state index contributed by atoms with van der Waals surface area (Å²) in [4.78, 5) is 25.8. The van der Waals surface area contributed by atoms with Crippen molar-refractivity contribution < 1.29 is 4.79 Å². The Morgan fingerprint density at radius 3 is 2.35 bits per heavy atom. The lowest BCUT2D eigenvalue weighted by Crippen LogP contribution is -2.30. The molecule has 0 aliphatic rings. The molecule has 0 saturated carbocycles. The molecule has 1 N–H and O–H groups in total. The first-order chi connectivity index (χ1) is 16.3. The first kappa shape index (κ1) is 23.4. The minimum Gasteiger partial charge on any atom is -0.291 e. The molecule has 0 spiro atoms. The number of hydrogen-bond acceptors (Lipinski definition) is 5. The van der Waals surface area contributed by atoms with Gasteiger partial charge >= 0.3 is 5.69 Å². The number of benzene rings is 2. The maximum absolute atomic E-state index is 13.2. The second-order valence-electron chi connectivity index (χ2n) is 9.49. The maximum atomic E-state index is 13.2. The van der Waals surface area contributed by atoms with Crippen LogP contribution < -0.4 is 5.69 Å². The summed E-state index contributed by atoms with van der Waals surface area (Å²) in [6, 6.07) is 16.0. The molecule has 4 aromatic rings. The van der Waals surface area contributed by atoms with E-state index in [9.17, 15) is 9.59 Å². The van der Waals surface area contributed by atoms with Crippen molar-refractivity contribution in [2.45, 2.75) is 58.9 Å². The predicted octanol–water partition coefficient (Wildman–Crippen LogP) is 4.67. The molecule has 2 aromatic carbocycles. The highest BCUT2D eigenvalue weighted by Crippen LogP contribution is 2.30. The average molecular weight is 459 g/mol. The number of aromatic amines is 1. The highest BCUT2D eigenvalue weighted by Gasteiger charge is 2.24. The van der Waals surface area contributed by atoms with Crippen LogP contribution in [0.25, 0.3) is 22.5 Å². The average Bonchev–Trinajstić information content (AvgIpc) is 3.47. The summed E-state index contributed by atoms with van der Waals surface area (Å²) in [7, 11) is 0. The fourth-order valence-corrected chi connectivity index (χ4v) is 4.05. The lowest BCUT2D eigenvalue weighted by Gasteiger charge is -2.20. The summed E-state index contributed by atoms with van der Waals surface area (Å²) in [5, 5.41) is 14.2. The molecule has 0 fully saturated rings. The lowest BCUT2D eigenvalue weighted by atomic mass is 9.92. The lowest BCUT2D eigenvalue weighted by molar-refractivity contribution is 0.0894. The van der Waals surface area contributed by atoms with Gasteiger partial charge in [-0.05, 0) is 33.5 Å². The molecule has 2 aromatic heterocycles. The van der Waals surface area contributed by atoms with Crippen LogP contribution in [0.4, 0.5) is 0 Å². The van der Waals surface area contributed by atoms with Gasteiger partial charge in [0.1, 0.15) is 0 Å². The fraction of sp³-hybridized carbons (Fsp3) is 0.346. The van der Waals surface area contributed by atoms with Crippen LogP contribution in [0, 0.1) is 0 Å². The van der Waals surface area contributed by atoms with Gasteiger partial charge in [-0.2, -0.15) is 0 Å². The minimum absolute atomic E-state index is 0.148. The summed E-state index contributed by atoms with van der Waals surface area (Å²) in [6.07, 6.45) is 3.78. The molecule has 0 radical (unpaired) electrons. The molecule has 2 heterocycles. The number of hydrogen-bond donors (Lipinski definition) is 1. The summed E-state index contributed by atoms with van der Waals surface area (Å²) in [6.45, 7) is 8.59. The number of carbonyl (C=O) groups excluding carboxylic acids is 1. The quantitative estimate of drug-likeness (QED) is 0.434. The number of tetrazole rings is 1. The third-order valence-corrected chi connectivity index (χ3v) is 5.89. The Bertz CT molecular complexity index is 1330. The Balaban J connectivity index is 1.66. The molecule has 34 heavy (non-hydrogen) atoms. The Morgan fingerprint density at radius 2 is 1.74 bits per heavy atom. The molecule has 0 bridgehead atoms. The van der Waals surface area contributed by atoms with Gasteiger partial charge in [-0.1, -0.05) is 82.6 Å². The summed E-state index contributed by atoms with van der Waals surface area (Å²) < 4.78 is 3.00. The molecule has 0 atom stereocenters. The molecule has 0 aliphatic heterocycles. The number of carbonyl (C=O) groups is 1. The number of rotatable bonds is 7. The van der Waals surface area contributed by atoms with E-state index >= 15 is 0 Å². The van der Waals surface area contributed by atoms with E-state index in [2.05, 4.69) is 41.4 Å². The first-order valence-corrected chi connectivity index (χ1v) is 11.6. The molecule has 0 unspecified atom stereocenters. The van der Waals surface area contributed by atoms with Crippen molar-refractivity contribution in [1.29, 1.82) is 0 Å². The smallest absolute Gasteiger partial charge is 0.291 e. The predicted molar refractivity (Wildman–Crippen MR) is 132 cm³/mol. The Kier molecular flexibility index (Phi) is 6.58. The van der Waals surface area contributed by atoms with E-state index in [1.165, 1.54) is 4.57 Å². The zero-order valence-corrected chi connectivity index (χ0v) is 20.1. The number of H-pyrrole nitrogens is 1. The SMILES string of the molecule is CCCCC(=O)n1cc(C(C)(C)C)n(Cc2ccc(-c3ccccc3-c3nnn[nH]3)cc2)c1=O. The van der Waals surface area contributed by atoms with Crippen molar-refractivity contribution in [2.75, 3.05) is 0 Å². The second kappa shape index (κ2) is 9.59. The number of unbranched alkanes of at least 4 members (excludes halogenated alkanes) is 1. The molecular weight excluding hydrogens is 428 g/mol. The number of aromatic nitrogens is 6.